The van der Waals surface area contributed by atoms with Crippen molar-refractivity contribution in [3.63, 3.8) is 0 Å². The fourth-order valence-electron chi connectivity index (χ4n) is 3.27. The number of nitrogens with zero attached hydrogens (tertiary/aromatic N) is 1. The molecule has 0 saturated carbocycles. The molecular formula is C18H17FN2O2. The Kier molecular flexibility index (Phi) is 3.48. The van der Waals surface area contributed by atoms with Crippen LogP contribution in [0.25, 0.3) is 0 Å². The zero-order chi connectivity index (χ0) is 16.8. The third-order valence-electron chi connectivity index (χ3n) is 4.28. The van der Waals surface area contributed by atoms with Gasteiger partial charge in [0.25, 0.3) is 0 Å². The van der Waals surface area contributed by atoms with Crippen molar-refractivity contribution in [1.29, 1.82) is 5.26 Å². The summed E-state index contributed by atoms with van der Waals surface area (Å²) in [6.45, 7) is 3.98. The molecular weight excluding hydrogens is 295 g/mol. The number of carbonyl (C=O) groups excluding carboxylic acids is 1. The first-order valence-corrected chi connectivity index (χ1v) is 7.42. The summed E-state index contributed by atoms with van der Waals surface area (Å²) in [6, 6.07) is 7.82. The Morgan fingerprint density at radius 1 is 1.30 bits per heavy atom. The second-order valence-corrected chi connectivity index (χ2v) is 6.75. The monoisotopic (exact) mass is 312 g/mol. The minimum atomic E-state index is -0.590. The van der Waals surface area contributed by atoms with E-state index in [1.165, 1.54) is 12.1 Å². The fourth-order valence-corrected chi connectivity index (χ4v) is 3.27. The van der Waals surface area contributed by atoms with E-state index in [9.17, 15) is 14.4 Å². The van der Waals surface area contributed by atoms with Gasteiger partial charge >= 0.3 is 0 Å². The number of nitrogens with two attached hydrogens (primary N) is 1. The zero-order valence-corrected chi connectivity index (χ0v) is 13.0. The Balaban J connectivity index is 2.17. The molecule has 1 aliphatic carbocycles. The highest BCUT2D eigenvalue weighted by molar-refractivity contribution is 6.00. The maximum atomic E-state index is 13.2. The molecule has 0 bridgehead atoms. The van der Waals surface area contributed by atoms with Gasteiger partial charge in [0.05, 0.1) is 5.92 Å². The minimum absolute atomic E-state index is 0.0195. The van der Waals surface area contributed by atoms with Crippen LogP contribution >= 0.6 is 0 Å². The van der Waals surface area contributed by atoms with E-state index in [1.54, 1.807) is 12.1 Å². The first-order chi connectivity index (χ1) is 10.8. The number of allylic oxidation sites excluding steroid dienone is 3. The molecule has 3 rings (SSSR count). The molecule has 1 atom stereocenters. The molecule has 2 aliphatic rings. The molecule has 0 unspecified atom stereocenters. The van der Waals surface area contributed by atoms with Crippen molar-refractivity contribution in [3.8, 4) is 6.07 Å². The lowest BCUT2D eigenvalue weighted by atomic mass is 9.70. The van der Waals surface area contributed by atoms with Gasteiger partial charge < -0.3 is 10.5 Å². The Morgan fingerprint density at radius 3 is 2.57 bits per heavy atom. The van der Waals surface area contributed by atoms with Gasteiger partial charge in [-0.1, -0.05) is 26.0 Å². The van der Waals surface area contributed by atoms with Crippen LogP contribution in [0.15, 0.2) is 47.1 Å². The highest BCUT2D eigenvalue weighted by Gasteiger charge is 2.42. The van der Waals surface area contributed by atoms with Crippen molar-refractivity contribution in [2.24, 2.45) is 11.1 Å². The zero-order valence-electron chi connectivity index (χ0n) is 13.0. The van der Waals surface area contributed by atoms with Crippen LogP contribution < -0.4 is 5.73 Å². The number of rotatable bonds is 1. The molecule has 0 saturated heterocycles. The van der Waals surface area contributed by atoms with Crippen LogP contribution in [0, 0.1) is 22.6 Å². The van der Waals surface area contributed by atoms with Gasteiger partial charge in [0.15, 0.2) is 5.78 Å². The number of hydrogen-bond acceptors (Lipinski definition) is 4. The number of carbonyl (C=O) groups is 1. The summed E-state index contributed by atoms with van der Waals surface area (Å²) in [6.07, 6.45) is 0.955. The lowest BCUT2D eigenvalue weighted by Gasteiger charge is -2.37. The molecule has 0 aromatic heterocycles. The summed E-state index contributed by atoms with van der Waals surface area (Å²) in [7, 11) is 0. The quantitative estimate of drug-likeness (QED) is 0.863. The van der Waals surface area contributed by atoms with Crippen molar-refractivity contribution in [3.05, 3.63) is 58.4 Å². The van der Waals surface area contributed by atoms with Crippen LogP contribution in [0.3, 0.4) is 0 Å². The van der Waals surface area contributed by atoms with E-state index in [4.69, 9.17) is 10.5 Å². The van der Waals surface area contributed by atoms with E-state index in [0.717, 1.165) is 0 Å². The van der Waals surface area contributed by atoms with Gasteiger partial charge in [-0.3, -0.25) is 4.79 Å². The molecule has 1 aliphatic heterocycles. The summed E-state index contributed by atoms with van der Waals surface area (Å²) in [5, 5.41) is 9.45. The smallest absolute Gasteiger partial charge is 0.205 e. The highest BCUT2D eigenvalue weighted by Crippen LogP contribution is 2.47. The van der Waals surface area contributed by atoms with Crippen molar-refractivity contribution < 1.29 is 13.9 Å². The topological polar surface area (TPSA) is 76.1 Å². The first kappa shape index (κ1) is 15.3. The van der Waals surface area contributed by atoms with Gasteiger partial charge in [0.2, 0.25) is 5.88 Å². The van der Waals surface area contributed by atoms with Gasteiger partial charge in [-0.2, -0.15) is 5.26 Å². The van der Waals surface area contributed by atoms with Crippen molar-refractivity contribution >= 4 is 5.78 Å². The maximum Gasteiger partial charge on any atom is 0.205 e. The average molecular weight is 312 g/mol. The molecule has 0 amide bonds. The Hall–Kier alpha value is -2.61. The summed E-state index contributed by atoms with van der Waals surface area (Å²) in [5.41, 5.74) is 7.02. The molecule has 0 fully saturated rings. The largest absolute Gasteiger partial charge is 0.444 e. The molecule has 0 spiro atoms. The summed E-state index contributed by atoms with van der Waals surface area (Å²) < 4.78 is 18.8. The van der Waals surface area contributed by atoms with Crippen molar-refractivity contribution in [1.82, 2.24) is 0 Å². The number of Topliss-reactive ketones (excluding diaryl/α,β-unsaturated/α-hetero) is 1. The van der Waals surface area contributed by atoms with Crippen LogP contribution in [-0.4, -0.2) is 5.78 Å². The highest BCUT2D eigenvalue weighted by atomic mass is 19.1. The number of ether oxygens (including phenoxy) is 1. The number of benzene rings is 1. The van der Waals surface area contributed by atoms with E-state index in [2.05, 4.69) is 0 Å². The van der Waals surface area contributed by atoms with Crippen LogP contribution in [-0.2, 0) is 9.53 Å². The predicted octanol–water partition coefficient (Wildman–Crippen LogP) is 3.28. The van der Waals surface area contributed by atoms with Crippen molar-refractivity contribution in [2.75, 3.05) is 0 Å². The Morgan fingerprint density at radius 2 is 1.96 bits per heavy atom. The van der Waals surface area contributed by atoms with Gasteiger partial charge in [0.1, 0.15) is 23.2 Å². The molecule has 1 aromatic carbocycles. The molecule has 23 heavy (non-hydrogen) atoms. The minimum Gasteiger partial charge on any atom is -0.444 e. The molecule has 2 N–H and O–H groups in total. The van der Waals surface area contributed by atoms with E-state index in [1.807, 2.05) is 19.9 Å². The number of halogens is 1. The van der Waals surface area contributed by atoms with E-state index >= 15 is 0 Å². The van der Waals surface area contributed by atoms with Crippen LogP contribution in [0.5, 0.6) is 0 Å². The summed E-state index contributed by atoms with van der Waals surface area (Å²) in [4.78, 5) is 12.7. The molecule has 118 valence electrons. The molecule has 1 heterocycles. The van der Waals surface area contributed by atoms with E-state index < -0.39 is 5.92 Å². The Bertz CT molecular complexity index is 782. The average Bonchev–Trinajstić information content (AvgIpc) is 2.45. The summed E-state index contributed by atoms with van der Waals surface area (Å²) >= 11 is 0. The van der Waals surface area contributed by atoms with Crippen LogP contribution in [0.4, 0.5) is 4.39 Å². The van der Waals surface area contributed by atoms with Gasteiger partial charge in [-0.25, -0.2) is 4.39 Å². The Labute approximate surface area is 134 Å². The van der Waals surface area contributed by atoms with Gasteiger partial charge in [-0.05, 0) is 23.1 Å². The summed E-state index contributed by atoms with van der Waals surface area (Å²) in [5.74, 6) is -0.469. The fraction of sp³-hybridized carbons (Fsp3) is 0.333. The lowest BCUT2D eigenvalue weighted by Crippen LogP contribution is -2.33. The lowest BCUT2D eigenvalue weighted by molar-refractivity contribution is -0.119. The number of nitriles is 1. The molecule has 5 heteroatoms. The second kappa shape index (κ2) is 5.24. The second-order valence-electron chi connectivity index (χ2n) is 6.75. The van der Waals surface area contributed by atoms with E-state index in [0.29, 0.717) is 29.7 Å². The maximum absolute atomic E-state index is 13.2. The number of hydrogen-bond donors (Lipinski definition) is 1. The number of ketones is 1. The van der Waals surface area contributed by atoms with Crippen LogP contribution in [0.2, 0.25) is 0 Å². The molecule has 0 radical (unpaired) electrons. The van der Waals surface area contributed by atoms with E-state index in [-0.39, 0.29) is 28.5 Å². The van der Waals surface area contributed by atoms with Crippen LogP contribution in [0.1, 0.15) is 38.2 Å². The third-order valence-corrected chi connectivity index (χ3v) is 4.28. The standard InChI is InChI=1S/C18H17FN2O2/c1-18(2)7-13(22)16-14(8-18)23-17(21)12(9-20)15(16)10-3-5-11(19)6-4-10/h3-6,15H,7-8,21H2,1-2H3/t15-/m1/s1. The third kappa shape index (κ3) is 2.61. The first-order valence-electron chi connectivity index (χ1n) is 7.42. The molecule has 1 aromatic rings. The predicted molar refractivity (Wildman–Crippen MR) is 82.1 cm³/mol. The van der Waals surface area contributed by atoms with Gasteiger partial charge in [0, 0.05) is 18.4 Å². The van der Waals surface area contributed by atoms with Crippen molar-refractivity contribution in [2.45, 2.75) is 32.6 Å². The van der Waals surface area contributed by atoms with Gasteiger partial charge in [-0.15, -0.1) is 0 Å². The normalized spacial score (nSPS) is 23.2. The SMILES string of the molecule is CC1(C)CC(=O)C2=C(C1)OC(N)=C(C#N)[C@H]2c1ccc(F)cc1. The molecule has 4 nitrogen and oxygen atoms in total.